The summed E-state index contributed by atoms with van der Waals surface area (Å²) in [7, 11) is 0. The van der Waals surface area contributed by atoms with Crippen LogP contribution in [-0.4, -0.2) is 6.54 Å². The first-order chi connectivity index (χ1) is 8.04. The second-order valence-corrected chi connectivity index (χ2v) is 6.50. The second-order valence-electron chi connectivity index (χ2n) is 6.50. The molecule has 1 nitrogen and oxygen atoms in total. The Bertz CT molecular complexity index is 341. The molecule has 0 atom stereocenters. The lowest BCUT2D eigenvalue weighted by Gasteiger charge is -2.18. The molecule has 0 aromatic heterocycles. The van der Waals surface area contributed by atoms with E-state index in [1.165, 1.54) is 30.4 Å². The Hall–Kier alpha value is -0.820. The van der Waals surface area contributed by atoms with Crippen molar-refractivity contribution in [1.29, 1.82) is 0 Å². The molecule has 0 bridgehead atoms. The van der Waals surface area contributed by atoms with Crippen molar-refractivity contribution in [3.05, 3.63) is 35.4 Å². The van der Waals surface area contributed by atoms with Gasteiger partial charge in [0.2, 0.25) is 0 Å². The van der Waals surface area contributed by atoms with Gasteiger partial charge in [0, 0.05) is 6.54 Å². The molecular weight excluding hydrogens is 206 g/mol. The van der Waals surface area contributed by atoms with Crippen LogP contribution in [0.15, 0.2) is 24.3 Å². The fourth-order valence-electron chi connectivity index (χ4n) is 2.02. The molecule has 0 radical (unpaired) electrons. The second kappa shape index (κ2) is 5.22. The summed E-state index contributed by atoms with van der Waals surface area (Å²) in [6.45, 7) is 8.98. The molecule has 1 saturated carbocycles. The summed E-state index contributed by atoms with van der Waals surface area (Å²) in [4.78, 5) is 0. The Morgan fingerprint density at radius 3 is 2.29 bits per heavy atom. The highest BCUT2D eigenvalue weighted by Gasteiger charge is 2.22. The van der Waals surface area contributed by atoms with Crippen molar-refractivity contribution in [2.75, 3.05) is 6.54 Å². The molecular formula is C16H25N. The van der Waals surface area contributed by atoms with Crippen molar-refractivity contribution >= 4 is 0 Å². The Balaban J connectivity index is 1.71. The van der Waals surface area contributed by atoms with Crippen LogP contribution in [0.1, 0.15) is 57.1 Å². The maximum Gasteiger partial charge on any atom is 0.0205 e. The van der Waals surface area contributed by atoms with Gasteiger partial charge in [-0.05, 0) is 48.3 Å². The minimum Gasteiger partial charge on any atom is -0.313 e. The van der Waals surface area contributed by atoms with Gasteiger partial charge in [-0.25, -0.2) is 0 Å². The van der Waals surface area contributed by atoms with Crippen LogP contribution in [0.25, 0.3) is 0 Å². The molecule has 1 heteroatoms. The van der Waals surface area contributed by atoms with Gasteiger partial charge in [-0.3, -0.25) is 0 Å². The van der Waals surface area contributed by atoms with Crippen LogP contribution in [0.5, 0.6) is 0 Å². The van der Waals surface area contributed by atoms with Crippen molar-refractivity contribution < 1.29 is 0 Å². The van der Waals surface area contributed by atoms with E-state index in [1.807, 2.05) is 0 Å². The Morgan fingerprint density at radius 2 is 1.76 bits per heavy atom. The standard InChI is InChI=1S/C16H25N/c1-16(2,3)10-11-17-12-13-4-6-14(7-5-13)15-8-9-15/h4-7,15,17H,8-12H2,1-3H3. The summed E-state index contributed by atoms with van der Waals surface area (Å²) in [5, 5.41) is 3.52. The Morgan fingerprint density at radius 1 is 1.12 bits per heavy atom. The molecule has 1 N–H and O–H groups in total. The van der Waals surface area contributed by atoms with E-state index >= 15 is 0 Å². The first kappa shape index (κ1) is 12.6. The molecule has 1 aromatic carbocycles. The third-order valence-corrected chi connectivity index (χ3v) is 3.41. The van der Waals surface area contributed by atoms with Gasteiger partial charge in [0.15, 0.2) is 0 Å². The van der Waals surface area contributed by atoms with Gasteiger partial charge in [-0.1, -0.05) is 45.0 Å². The number of benzene rings is 1. The van der Waals surface area contributed by atoms with Gasteiger partial charge in [-0.2, -0.15) is 0 Å². The van der Waals surface area contributed by atoms with E-state index in [-0.39, 0.29) is 0 Å². The fraction of sp³-hybridized carbons (Fsp3) is 0.625. The van der Waals surface area contributed by atoms with Gasteiger partial charge in [0.25, 0.3) is 0 Å². The summed E-state index contributed by atoms with van der Waals surface area (Å²) in [5.41, 5.74) is 3.37. The predicted octanol–water partition coefficient (Wildman–Crippen LogP) is 4.09. The summed E-state index contributed by atoms with van der Waals surface area (Å²) in [6, 6.07) is 9.16. The highest BCUT2D eigenvalue weighted by atomic mass is 14.8. The van der Waals surface area contributed by atoms with E-state index in [0.29, 0.717) is 5.41 Å². The molecule has 0 spiro atoms. The van der Waals surface area contributed by atoms with Crippen LogP contribution < -0.4 is 5.32 Å². The lowest BCUT2D eigenvalue weighted by molar-refractivity contribution is 0.366. The average Bonchev–Trinajstić information content (AvgIpc) is 3.08. The molecule has 17 heavy (non-hydrogen) atoms. The minimum absolute atomic E-state index is 0.433. The molecule has 0 unspecified atom stereocenters. The third-order valence-electron chi connectivity index (χ3n) is 3.41. The predicted molar refractivity (Wildman–Crippen MR) is 74.2 cm³/mol. The van der Waals surface area contributed by atoms with E-state index in [1.54, 1.807) is 0 Å². The van der Waals surface area contributed by atoms with Crippen molar-refractivity contribution in [1.82, 2.24) is 5.32 Å². The zero-order valence-electron chi connectivity index (χ0n) is 11.4. The lowest BCUT2D eigenvalue weighted by atomic mass is 9.92. The van der Waals surface area contributed by atoms with Crippen LogP contribution in [0.4, 0.5) is 0 Å². The van der Waals surface area contributed by atoms with E-state index < -0.39 is 0 Å². The molecule has 0 heterocycles. The Labute approximate surface area is 106 Å². The van der Waals surface area contributed by atoms with Crippen LogP contribution in [0, 0.1) is 5.41 Å². The minimum atomic E-state index is 0.433. The topological polar surface area (TPSA) is 12.0 Å². The summed E-state index contributed by atoms with van der Waals surface area (Å²) >= 11 is 0. The van der Waals surface area contributed by atoms with Crippen LogP contribution >= 0.6 is 0 Å². The van der Waals surface area contributed by atoms with Gasteiger partial charge in [0.05, 0.1) is 0 Å². The molecule has 1 aromatic rings. The molecule has 1 aliphatic carbocycles. The lowest BCUT2D eigenvalue weighted by Crippen LogP contribution is -2.20. The van der Waals surface area contributed by atoms with Gasteiger partial charge >= 0.3 is 0 Å². The van der Waals surface area contributed by atoms with Crippen LogP contribution in [-0.2, 0) is 6.54 Å². The highest BCUT2D eigenvalue weighted by molar-refractivity contribution is 5.27. The Kier molecular flexibility index (Phi) is 3.88. The van der Waals surface area contributed by atoms with Crippen molar-refractivity contribution in [3.8, 4) is 0 Å². The number of nitrogens with one attached hydrogen (secondary N) is 1. The van der Waals surface area contributed by atoms with Crippen molar-refractivity contribution in [2.45, 2.75) is 52.5 Å². The summed E-state index contributed by atoms with van der Waals surface area (Å²) in [6.07, 6.45) is 4.01. The third kappa shape index (κ3) is 4.51. The average molecular weight is 231 g/mol. The molecule has 2 rings (SSSR count). The monoisotopic (exact) mass is 231 g/mol. The maximum absolute atomic E-state index is 3.52. The molecule has 94 valence electrons. The van der Waals surface area contributed by atoms with Crippen LogP contribution in [0.2, 0.25) is 0 Å². The quantitative estimate of drug-likeness (QED) is 0.753. The summed E-state index contributed by atoms with van der Waals surface area (Å²) in [5.74, 6) is 0.873. The molecule has 0 saturated heterocycles. The van der Waals surface area contributed by atoms with Gasteiger partial charge in [-0.15, -0.1) is 0 Å². The van der Waals surface area contributed by atoms with Crippen molar-refractivity contribution in [3.63, 3.8) is 0 Å². The zero-order chi connectivity index (χ0) is 12.3. The normalized spacial score (nSPS) is 16.2. The zero-order valence-corrected chi connectivity index (χ0v) is 11.4. The van der Waals surface area contributed by atoms with E-state index in [2.05, 4.69) is 50.4 Å². The van der Waals surface area contributed by atoms with Gasteiger partial charge < -0.3 is 5.32 Å². The smallest absolute Gasteiger partial charge is 0.0205 e. The largest absolute Gasteiger partial charge is 0.313 e. The van der Waals surface area contributed by atoms with E-state index in [0.717, 1.165) is 19.0 Å². The fourth-order valence-corrected chi connectivity index (χ4v) is 2.02. The summed E-state index contributed by atoms with van der Waals surface area (Å²) < 4.78 is 0. The highest BCUT2D eigenvalue weighted by Crippen LogP contribution is 2.39. The maximum atomic E-state index is 3.52. The first-order valence-electron chi connectivity index (χ1n) is 6.84. The molecule has 1 aliphatic rings. The van der Waals surface area contributed by atoms with Gasteiger partial charge in [0.1, 0.15) is 0 Å². The van der Waals surface area contributed by atoms with Crippen LogP contribution in [0.3, 0.4) is 0 Å². The SMILES string of the molecule is CC(C)(C)CCNCc1ccc(C2CC2)cc1. The number of hydrogen-bond donors (Lipinski definition) is 1. The number of hydrogen-bond acceptors (Lipinski definition) is 1. The van der Waals surface area contributed by atoms with E-state index in [4.69, 9.17) is 0 Å². The van der Waals surface area contributed by atoms with E-state index in [9.17, 15) is 0 Å². The molecule has 0 aliphatic heterocycles. The molecule has 1 fully saturated rings. The number of rotatable bonds is 5. The molecule has 0 amide bonds. The first-order valence-corrected chi connectivity index (χ1v) is 6.84. The van der Waals surface area contributed by atoms with Crippen molar-refractivity contribution in [2.24, 2.45) is 5.41 Å².